The third-order valence-corrected chi connectivity index (χ3v) is 4.15. The van der Waals surface area contributed by atoms with E-state index < -0.39 is 0 Å². The molecule has 1 aromatic rings. The van der Waals surface area contributed by atoms with Crippen LogP contribution in [0, 0.1) is 0 Å². The number of amides is 1. The van der Waals surface area contributed by atoms with E-state index in [1.165, 1.54) is 0 Å². The smallest absolute Gasteiger partial charge is 0.264 e. The molecule has 0 saturated carbocycles. The second-order valence-corrected chi connectivity index (χ2v) is 5.14. The predicted octanol–water partition coefficient (Wildman–Crippen LogP) is 2.00. The Bertz CT molecular complexity index is 448. The van der Waals surface area contributed by atoms with Crippen LogP contribution in [0.15, 0.2) is 18.2 Å². The maximum Gasteiger partial charge on any atom is 0.264 e. The van der Waals surface area contributed by atoms with Crippen LogP contribution in [0.4, 0.5) is 5.69 Å². The van der Waals surface area contributed by atoms with Crippen molar-refractivity contribution >= 4 is 27.5 Å². The molecule has 92 valence electrons. The van der Waals surface area contributed by atoms with Crippen LogP contribution in [0.5, 0.6) is 5.75 Å². The minimum absolute atomic E-state index is 0.0226. The van der Waals surface area contributed by atoms with E-state index in [0.717, 1.165) is 17.0 Å². The highest BCUT2D eigenvalue weighted by Crippen LogP contribution is 2.35. The van der Waals surface area contributed by atoms with Gasteiger partial charge in [0, 0.05) is 7.05 Å². The van der Waals surface area contributed by atoms with Gasteiger partial charge in [0.05, 0.1) is 10.6 Å². The van der Waals surface area contributed by atoms with E-state index in [-0.39, 0.29) is 17.5 Å². The van der Waals surface area contributed by atoms with Gasteiger partial charge < -0.3 is 9.64 Å². The zero-order valence-electron chi connectivity index (χ0n) is 10.1. The Hall–Kier alpha value is -1.07. The van der Waals surface area contributed by atoms with Crippen molar-refractivity contribution < 1.29 is 9.53 Å². The summed E-state index contributed by atoms with van der Waals surface area (Å²) in [4.78, 5) is 15.4. The summed E-state index contributed by atoms with van der Waals surface area (Å²) >= 11 is 3.59. The summed E-state index contributed by atoms with van der Waals surface area (Å²) in [5.41, 5.74) is 1.92. The first kappa shape index (κ1) is 12.4. The molecule has 0 aliphatic carbocycles. The predicted molar refractivity (Wildman–Crippen MR) is 70.7 cm³/mol. The first-order valence-corrected chi connectivity index (χ1v) is 6.26. The average Bonchev–Trinajstić information content (AvgIpc) is 2.32. The minimum Gasteiger partial charge on any atom is -0.482 e. The summed E-state index contributed by atoms with van der Waals surface area (Å²) in [5, 5.41) is 0. The molecule has 0 fully saturated rings. The van der Waals surface area contributed by atoms with Crippen LogP contribution < -0.4 is 9.64 Å². The molecule has 0 spiro atoms. The van der Waals surface area contributed by atoms with E-state index >= 15 is 0 Å². The molecule has 0 aromatic heterocycles. The molecule has 1 aliphatic rings. The SMILES string of the molecule is CN1C(=O)COc2ccc(C(Br)N(C)C)cc21. The van der Waals surface area contributed by atoms with Crippen molar-refractivity contribution in [2.45, 2.75) is 4.95 Å². The number of fused-ring (bicyclic) bond motifs is 1. The number of ether oxygens (including phenoxy) is 1. The van der Waals surface area contributed by atoms with Gasteiger partial charge in [-0.15, -0.1) is 0 Å². The Kier molecular flexibility index (Phi) is 3.40. The zero-order chi connectivity index (χ0) is 12.6. The maximum absolute atomic E-state index is 11.6. The molecule has 5 heteroatoms. The van der Waals surface area contributed by atoms with Gasteiger partial charge in [0.15, 0.2) is 6.61 Å². The fourth-order valence-electron chi connectivity index (χ4n) is 1.74. The molecule has 4 nitrogen and oxygen atoms in total. The molecule has 1 amide bonds. The lowest BCUT2D eigenvalue weighted by Gasteiger charge is -2.27. The number of alkyl halides is 1. The minimum atomic E-state index is -0.0226. The van der Waals surface area contributed by atoms with Gasteiger partial charge in [0.1, 0.15) is 5.75 Å². The molecule has 1 atom stereocenters. The standard InChI is InChI=1S/C12H15BrN2O2/c1-14(2)12(13)8-4-5-10-9(6-8)15(3)11(16)7-17-10/h4-6,12H,7H2,1-3H3. The van der Waals surface area contributed by atoms with Gasteiger partial charge in [-0.3, -0.25) is 9.69 Å². The third kappa shape index (κ3) is 2.30. The highest BCUT2D eigenvalue weighted by Gasteiger charge is 2.23. The Labute approximate surface area is 109 Å². The van der Waals surface area contributed by atoms with Crippen LogP contribution in [0.3, 0.4) is 0 Å². The molecule has 2 rings (SSSR count). The Morgan fingerprint density at radius 3 is 2.82 bits per heavy atom. The highest BCUT2D eigenvalue weighted by atomic mass is 79.9. The van der Waals surface area contributed by atoms with Crippen molar-refractivity contribution in [1.29, 1.82) is 0 Å². The quantitative estimate of drug-likeness (QED) is 0.618. The number of benzene rings is 1. The summed E-state index contributed by atoms with van der Waals surface area (Å²) in [5.74, 6) is 0.736. The summed E-state index contributed by atoms with van der Waals surface area (Å²) in [6, 6.07) is 5.89. The number of anilines is 1. The van der Waals surface area contributed by atoms with Crippen molar-refractivity contribution in [2.75, 3.05) is 32.6 Å². The fourth-order valence-corrected chi connectivity index (χ4v) is 2.02. The van der Waals surface area contributed by atoms with Gasteiger partial charge in [-0.05, 0) is 31.8 Å². The number of carbonyl (C=O) groups excluding carboxylic acids is 1. The second kappa shape index (κ2) is 4.66. The first-order chi connectivity index (χ1) is 8.00. The van der Waals surface area contributed by atoms with Crippen molar-refractivity contribution in [3.8, 4) is 5.75 Å². The average molecular weight is 299 g/mol. The van der Waals surface area contributed by atoms with E-state index in [9.17, 15) is 4.79 Å². The van der Waals surface area contributed by atoms with Gasteiger partial charge in [-0.1, -0.05) is 22.0 Å². The largest absolute Gasteiger partial charge is 0.482 e. The molecule has 1 unspecified atom stereocenters. The van der Waals surface area contributed by atoms with Gasteiger partial charge >= 0.3 is 0 Å². The molecular formula is C12H15BrN2O2. The van der Waals surface area contributed by atoms with Gasteiger partial charge in [0.25, 0.3) is 5.91 Å². The zero-order valence-corrected chi connectivity index (χ0v) is 11.7. The maximum atomic E-state index is 11.6. The number of hydrogen-bond donors (Lipinski definition) is 0. The molecule has 0 N–H and O–H groups in total. The molecule has 1 aliphatic heterocycles. The van der Waals surface area contributed by atoms with Crippen LogP contribution >= 0.6 is 15.9 Å². The number of hydrogen-bond acceptors (Lipinski definition) is 3. The van der Waals surface area contributed by atoms with E-state index in [1.54, 1.807) is 11.9 Å². The topological polar surface area (TPSA) is 32.8 Å². The van der Waals surface area contributed by atoms with Crippen LogP contribution in [-0.4, -0.2) is 38.6 Å². The number of likely N-dealkylation sites (N-methyl/N-ethyl adjacent to an activating group) is 1. The lowest BCUT2D eigenvalue weighted by molar-refractivity contribution is -0.120. The molecule has 0 bridgehead atoms. The van der Waals surface area contributed by atoms with Crippen LogP contribution in [-0.2, 0) is 4.79 Å². The molecular weight excluding hydrogens is 284 g/mol. The van der Waals surface area contributed by atoms with Crippen molar-refractivity contribution in [2.24, 2.45) is 0 Å². The number of rotatable bonds is 2. The first-order valence-electron chi connectivity index (χ1n) is 5.34. The summed E-state index contributed by atoms with van der Waals surface area (Å²) in [7, 11) is 5.75. The van der Waals surface area contributed by atoms with Gasteiger partial charge in [-0.25, -0.2) is 0 Å². The van der Waals surface area contributed by atoms with Crippen molar-refractivity contribution in [3.63, 3.8) is 0 Å². The third-order valence-electron chi connectivity index (χ3n) is 2.80. The van der Waals surface area contributed by atoms with Gasteiger partial charge in [0.2, 0.25) is 0 Å². The van der Waals surface area contributed by atoms with E-state index in [4.69, 9.17) is 4.74 Å². The van der Waals surface area contributed by atoms with Crippen molar-refractivity contribution in [3.05, 3.63) is 23.8 Å². The molecule has 0 saturated heterocycles. The summed E-state index contributed by atoms with van der Waals surface area (Å²) < 4.78 is 5.38. The van der Waals surface area contributed by atoms with Gasteiger partial charge in [-0.2, -0.15) is 0 Å². The fraction of sp³-hybridized carbons (Fsp3) is 0.417. The normalized spacial score (nSPS) is 16.8. The molecule has 17 heavy (non-hydrogen) atoms. The van der Waals surface area contributed by atoms with E-state index in [0.29, 0.717) is 0 Å². The monoisotopic (exact) mass is 298 g/mol. The summed E-state index contributed by atoms with van der Waals surface area (Å²) in [6.45, 7) is 0.119. The van der Waals surface area contributed by atoms with Crippen molar-refractivity contribution in [1.82, 2.24) is 4.90 Å². The lowest BCUT2D eigenvalue weighted by Crippen LogP contribution is -2.35. The number of halogens is 1. The van der Waals surface area contributed by atoms with E-state index in [1.807, 2.05) is 37.2 Å². The Balaban J connectivity index is 2.39. The van der Waals surface area contributed by atoms with Crippen LogP contribution in [0.2, 0.25) is 0 Å². The number of carbonyl (C=O) groups is 1. The second-order valence-electron chi connectivity index (χ2n) is 4.27. The Morgan fingerprint density at radius 2 is 2.18 bits per heavy atom. The molecule has 1 heterocycles. The number of nitrogens with zero attached hydrogens (tertiary/aromatic N) is 2. The van der Waals surface area contributed by atoms with E-state index in [2.05, 4.69) is 15.9 Å². The Morgan fingerprint density at radius 1 is 1.47 bits per heavy atom. The van der Waals surface area contributed by atoms with Crippen LogP contribution in [0.1, 0.15) is 10.5 Å². The molecule has 0 radical (unpaired) electrons. The summed E-state index contributed by atoms with van der Waals surface area (Å²) in [6.07, 6.45) is 0. The molecule has 1 aromatic carbocycles. The highest BCUT2D eigenvalue weighted by molar-refractivity contribution is 9.09. The van der Waals surface area contributed by atoms with Crippen LogP contribution in [0.25, 0.3) is 0 Å². The lowest BCUT2D eigenvalue weighted by atomic mass is 10.1.